The molecule has 2 aromatic carbocycles. The van der Waals surface area contributed by atoms with Crippen LogP contribution in [0.2, 0.25) is 0 Å². The average molecular weight is 311 g/mol. The molecule has 0 fully saturated rings. The zero-order valence-corrected chi connectivity index (χ0v) is 13.9. The summed E-state index contributed by atoms with van der Waals surface area (Å²) in [6, 6.07) is 16.0. The molecular formula is C20H25NO2. The van der Waals surface area contributed by atoms with Gasteiger partial charge >= 0.3 is 0 Å². The molecule has 0 spiro atoms. The van der Waals surface area contributed by atoms with E-state index in [4.69, 9.17) is 4.74 Å². The van der Waals surface area contributed by atoms with Crippen molar-refractivity contribution in [3.8, 4) is 11.5 Å². The van der Waals surface area contributed by atoms with Crippen LogP contribution in [0, 0.1) is 0 Å². The Morgan fingerprint density at radius 1 is 1.13 bits per heavy atom. The standard InChI is InChI=1S/C20H25NO2/c1-20(2)13-16(19-17(22)9-6-10-18(19)23-20)14-21-12-11-15-7-4-3-5-8-15/h3-10,16,21-22H,11-14H2,1-2H3. The fourth-order valence-corrected chi connectivity index (χ4v) is 3.39. The molecule has 23 heavy (non-hydrogen) atoms. The van der Waals surface area contributed by atoms with Crippen LogP contribution >= 0.6 is 0 Å². The maximum Gasteiger partial charge on any atom is 0.127 e. The fourth-order valence-electron chi connectivity index (χ4n) is 3.39. The lowest BCUT2D eigenvalue weighted by atomic mass is 9.84. The van der Waals surface area contributed by atoms with Crippen molar-refractivity contribution in [2.75, 3.05) is 13.1 Å². The first-order valence-electron chi connectivity index (χ1n) is 8.31. The van der Waals surface area contributed by atoms with E-state index in [-0.39, 0.29) is 11.5 Å². The van der Waals surface area contributed by atoms with Crippen LogP contribution in [0.5, 0.6) is 11.5 Å². The van der Waals surface area contributed by atoms with Crippen LogP contribution in [0.25, 0.3) is 0 Å². The summed E-state index contributed by atoms with van der Waals surface area (Å²) >= 11 is 0. The molecule has 0 aliphatic carbocycles. The Labute approximate surface area is 138 Å². The van der Waals surface area contributed by atoms with Gasteiger partial charge in [-0.1, -0.05) is 36.4 Å². The predicted molar refractivity (Wildman–Crippen MR) is 93.2 cm³/mol. The van der Waals surface area contributed by atoms with Gasteiger partial charge in [0, 0.05) is 18.0 Å². The molecule has 2 N–H and O–H groups in total. The molecule has 3 heteroatoms. The van der Waals surface area contributed by atoms with Crippen molar-refractivity contribution in [3.05, 3.63) is 59.7 Å². The third-order valence-electron chi connectivity index (χ3n) is 4.40. The van der Waals surface area contributed by atoms with E-state index in [0.717, 1.165) is 37.2 Å². The van der Waals surface area contributed by atoms with Crippen LogP contribution < -0.4 is 10.1 Å². The molecule has 1 atom stereocenters. The van der Waals surface area contributed by atoms with Gasteiger partial charge in [0.15, 0.2) is 0 Å². The van der Waals surface area contributed by atoms with Crippen LogP contribution in [-0.2, 0) is 6.42 Å². The monoisotopic (exact) mass is 311 g/mol. The maximum atomic E-state index is 10.2. The number of hydrogen-bond acceptors (Lipinski definition) is 3. The molecule has 1 aliphatic heterocycles. The summed E-state index contributed by atoms with van der Waals surface area (Å²) in [4.78, 5) is 0. The number of phenols is 1. The Kier molecular flexibility index (Phi) is 4.58. The highest BCUT2D eigenvalue weighted by molar-refractivity contribution is 5.48. The largest absolute Gasteiger partial charge is 0.508 e. The SMILES string of the molecule is CC1(C)CC(CNCCc2ccccc2)c2c(O)cccc2O1. The Morgan fingerprint density at radius 2 is 1.91 bits per heavy atom. The Bertz CT molecular complexity index is 652. The van der Waals surface area contributed by atoms with Gasteiger partial charge in [-0.25, -0.2) is 0 Å². The number of fused-ring (bicyclic) bond motifs is 1. The summed E-state index contributed by atoms with van der Waals surface area (Å²) < 4.78 is 6.02. The van der Waals surface area contributed by atoms with Gasteiger partial charge in [-0.2, -0.15) is 0 Å². The van der Waals surface area contributed by atoms with Gasteiger partial charge in [0.2, 0.25) is 0 Å². The number of rotatable bonds is 5. The molecule has 0 bridgehead atoms. The molecule has 0 aromatic heterocycles. The van der Waals surface area contributed by atoms with Gasteiger partial charge in [-0.15, -0.1) is 0 Å². The van der Waals surface area contributed by atoms with E-state index < -0.39 is 0 Å². The number of benzene rings is 2. The summed E-state index contributed by atoms with van der Waals surface area (Å²) in [6.45, 7) is 6.00. The molecule has 0 radical (unpaired) electrons. The van der Waals surface area contributed by atoms with Crippen molar-refractivity contribution in [3.63, 3.8) is 0 Å². The molecule has 122 valence electrons. The van der Waals surface area contributed by atoms with E-state index in [1.807, 2.05) is 18.2 Å². The van der Waals surface area contributed by atoms with Crippen LogP contribution in [0.1, 0.15) is 37.3 Å². The number of phenolic OH excluding ortho intramolecular Hbond substituents is 1. The Hall–Kier alpha value is -2.00. The molecule has 1 heterocycles. The van der Waals surface area contributed by atoms with Gasteiger partial charge in [-0.3, -0.25) is 0 Å². The molecule has 2 aromatic rings. The lowest BCUT2D eigenvalue weighted by Crippen LogP contribution is -2.38. The van der Waals surface area contributed by atoms with Crippen LogP contribution in [0.15, 0.2) is 48.5 Å². The van der Waals surface area contributed by atoms with E-state index in [1.54, 1.807) is 6.07 Å². The van der Waals surface area contributed by atoms with Crippen LogP contribution in [0.3, 0.4) is 0 Å². The minimum Gasteiger partial charge on any atom is -0.508 e. The molecule has 1 aliphatic rings. The molecule has 0 saturated carbocycles. The first kappa shape index (κ1) is 15.9. The second-order valence-corrected chi connectivity index (χ2v) is 6.89. The predicted octanol–water partition coefficient (Wildman–Crippen LogP) is 3.87. The third-order valence-corrected chi connectivity index (χ3v) is 4.40. The number of hydrogen-bond donors (Lipinski definition) is 2. The molecule has 0 amide bonds. The zero-order chi connectivity index (χ0) is 16.3. The van der Waals surface area contributed by atoms with Crippen LogP contribution in [-0.4, -0.2) is 23.8 Å². The summed E-state index contributed by atoms with van der Waals surface area (Å²) in [5, 5.41) is 13.8. The Morgan fingerprint density at radius 3 is 2.70 bits per heavy atom. The van der Waals surface area contributed by atoms with E-state index >= 15 is 0 Å². The van der Waals surface area contributed by atoms with Gasteiger partial charge in [0.25, 0.3) is 0 Å². The van der Waals surface area contributed by atoms with E-state index in [1.165, 1.54) is 5.56 Å². The van der Waals surface area contributed by atoms with Crippen molar-refractivity contribution < 1.29 is 9.84 Å². The first-order valence-corrected chi connectivity index (χ1v) is 8.31. The van der Waals surface area contributed by atoms with Crippen molar-refractivity contribution in [2.45, 2.75) is 38.2 Å². The minimum absolute atomic E-state index is 0.202. The summed E-state index contributed by atoms with van der Waals surface area (Å²) in [7, 11) is 0. The van der Waals surface area contributed by atoms with Gasteiger partial charge in [0.1, 0.15) is 17.1 Å². The van der Waals surface area contributed by atoms with Crippen molar-refractivity contribution in [1.82, 2.24) is 5.32 Å². The highest BCUT2D eigenvalue weighted by atomic mass is 16.5. The number of nitrogens with one attached hydrogen (secondary N) is 1. The van der Waals surface area contributed by atoms with E-state index in [9.17, 15) is 5.11 Å². The highest BCUT2D eigenvalue weighted by Crippen LogP contribution is 2.44. The van der Waals surface area contributed by atoms with Gasteiger partial charge in [-0.05, 0) is 50.9 Å². The highest BCUT2D eigenvalue weighted by Gasteiger charge is 2.35. The smallest absolute Gasteiger partial charge is 0.127 e. The Balaban J connectivity index is 1.63. The topological polar surface area (TPSA) is 41.5 Å². The summed E-state index contributed by atoms with van der Waals surface area (Å²) in [6.07, 6.45) is 1.91. The van der Waals surface area contributed by atoms with Crippen LogP contribution in [0.4, 0.5) is 0 Å². The van der Waals surface area contributed by atoms with E-state index in [0.29, 0.717) is 5.75 Å². The molecule has 1 unspecified atom stereocenters. The average Bonchev–Trinajstić information content (AvgIpc) is 2.51. The zero-order valence-electron chi connectivity index (χ0n) is 13.9. The van der Waals surface area contributed by atoms with Crippen molar-refractivity contribution in [1.29, 1.82) is 0 Å². The lowest BCUT2D eigenvalue weighted by molar-refractivity contribution is 0.0707. The summed E-state index contributed by atoms with van der Waals surface area (Å²) in [5.74, 6) is 1.43. The first-order chi connectivity index (χ1) is 11.1. The quantitative estimate of drug-likeness (QED) is 0.824. The molecule has 0 saturated heterocycles. The number of ether oxygens (including phenoxy) is 1. The normalized spacial score (nSPS) is 19.0. The van der Waals surface area contributed by atoms with Crippen molar-refractivity contribution in [2.24, 2.45) is 0 Å². The lowest BCUT2D eigenvalue weighted by Gasteiger charge is -2.38. The minimum atomic E-state index is -0.202. The van der Waals surface area contributed by atoms with E-state index in [2.05, 4.69) is 43.4 Å². The summed E-state index contributed by atoms with van der Waals surface area (Å²) in [5.41, 5.74) is 2.08. The van der Waals surface area contributed by atoms with Crippen molar-refractivity contribution >= 4 is 0 Å². The fraction of sp³-hybridized carbons (Fsp3) is 0.400. The van der Waals surface area contributed by atoms with Gasteiger partial charge < -0.3 is 15.2 Å². The molecular weight excluding hydrogens is 286 g/mol. The number of aromatic hydroxyl groups is 1. The maximum absolute atomic E-state index is 10.2. The second kappa shape index (κ2) is 6.63. The molecule has 3 rings (SSSR count). The molecule has 3 nitrogen and oxygen atoms in total. The van der Waals surface area contributed by atoms with Gasteiger partial charge in [0.05, 0.1) is 0 Å². The third kappa shape index (κ3) is 3.85. The second-order valence-electron chi connectivity index (χ2n) is 6.89.